The minimum Gasteiger partial charge on any atom is -0.479 e. The Kier molecular flexibility index (Phi) is 2.66. The zero-order chi connectivity index (χ0) is 7.65. The fraction of sp³-hybridized carbons (Fsp3) is 0.667. The van der Waals surface area contributed by atoms with Crippen molar-refractivity contribution in [2.75, 3.05) is 0 Å². The molecule has 0 saturated heterocycles. The third-order valence-corrected chi connectivity index (χ3v) is 0.957. The van der Waals surface area contributed by atoms with Crippen LogP contribution in [0.25, 0.3) is 0 Å². The van der Waals surface area contributed by atoms with Crippen molar-refractivity contribution in [2.45, 2.75) is 10.7 Å². The Bertz CT molecular complexity index is 121. The summed E-state index contributed by atoms with van der Waals surface area (Å²) in [6.45, 7) is 0. The number of carboxylic acids is 1. The van der Waals surface area contributed by atoms with Crippen molar-refractivity contribution in [3.8, 4) is 0 Å². The van der Waals surface area contributed by atoms with E-state index in [1.807, 2.05) is 0 Å². The van der Waals surface area contributed by atoms with Gasteiger partial charge in [-0.05, 0) is 0 Å². The highest BCUT2D eigenvalue weighted by molar-refractivity contribution is 6.48. The van der Waals surface area contributed by atoms with Gasteiger partial charge in [-0.3, -0.25) is 0 Å². The second-order valence-electron chi connectivity index (χ2n) is 1.28. The maximum Gasteiger partial charge on any atom is 0.338 e. The first-order chi connectivity index (χ1) is 3.85. The molecule has 0 radical (unpaired) electrons. The van der Waals surface area contributed by atoms with Gasteiger partial charge in [0.1, 0.15) is 0 Å². The van der Waals surface area contributed by atoms with Crippen LogP contribution in [0.1, 0.15) is 0 Å². The largest absolute Gasteiger partial charge is 0.479 e. The van der Waals surface area contributed by atoms with Crippen LogP contribution in [-0.2, 0) is 4.79 Å². The molecule has 0 bridgehead atoms. The van der Waals surface area contributed by atoms with E-state index in [0.717, 1.165) is 0 Å². The minimum absolute atomic E-state index is 1.80. The van der Waals surface area contributed by atoms with Gasteiger partial charge in [0.2, 0.25) is 6.10 Å². The van der Waals surface area contributed by atoms with Gasteiger partial charge < -0.3 is 10.2 Å². The van der Waals surface area contributed by atoms with Crippen molar-refractivity contribution < 1.29 is 19.4 Å². The molecule has 0 fully saturated rings. The van der Waals surface area contributed by atoms with Gasteiger partial charge in [-0.2, -0.15) is 0 Å². The summed E-state index contributed by atoms with van der Waals surface area (Å²) in [5.74, 6) is -1.80. The fourth-order valence-corrected chi connectivity index (χ4v) is 0.327. The summed E-state index contributed by atoms with van der Waals surface area (Å²) in [5.41, 5.74) is 0. The summed E-state index contributed by atoms with van der Waals surface area (Å²) < 4.78 is 8.81. The predicted molar refractivity (Wildman–Crippen MR) is 29.2 cm³/mol. The number of aliphatic hydroxyl groups excluding tert-OH is 1. The summed E-state index contributed by atoms with van der Waals surface area (Å²) >= 11 is 9.09. The average molecular weight is 177 g/mol. The van der Waals surface area contributed by atoms with E-state index in [1.165, 1.54) is 0 Å². The summed E-state index contributed by atoms with van der Waals surface area (Å²) in [5, 5.41) is 16.1. The maximum absolute atomic E-state index is 11.9. The molecule has 0 aromatic rings. The number of alkyl halides is 3. The molecule has 3 nitrogen and oxygen atoms in total. The normalized spacial score (nSPS) is 15.1. The third kappa shape index (κ3) is 2.84. The van der Waals surface area contributed by atoms with Crippen molar-refractivity contribution in [1.29, 1.82) is 0 Å². The molecule has 9 heavy (non-hydrogen) atoms. The van der Waals surface area contributed by atoms with Gasteiger partial charge in [-0.25, -0.2) is 9.18 Å². The summed E-state index contributed by atoms with van der Waals surface area (Å²) in [6.07, 6.45) is -2.40. The molecule has 1 unspecified atom stereocenters. The molecule has 54 valence electrons. The molecular formula is C3H3Cl2FO3. The number of aliphatic hydroxyl groups is 1. The first-order valence-corrected chi connectivity index (χ1v) is 2.59. The number of hydrogen-bond acceptors (Lipinski definition) is 2. The van der Waals surface area contributed by atoms with Crippen LogP contribution in [0.3, 0.4) is 0 Å². The van der Waals surface area contributed by atoms with Gasteiger partial charge in [0.15, 0.2) is 0 Å². The van der Waals surface area contributed by atoms with Crippen molar-refractivity contribution in [3.63, 3.8) is 0 Å². The highest BCUT2D eigenvalue weighted by Crippen LogP contribution is 2.26. The SMILES string of the molecule is O=C(O)C(O)C(F)(Cl)Cl. The molecular weight excluding hydrogens is 174 g/mol. The van der Waals surface area contributed by atoms with Gasteiger partial charge in [-0.15, -0.1) is 0 Å². The van der Waals surface area contributed by atoms with E-state index in [2.05, 4.69) is 23.2 Å². The maximum atomic E-state index is 11.9. The van der Waals surface area contributed by atoms with Gasteiger partial charge in [0.05, 0.1) is 0 Å². The predicted octanol–water partition coefficient (Wildman–Crippen LogP) is 0.533. The molecule has 0 aliphatic heterocycles. The van der Waals surface area contributed by atoms with Crippen molar-refractivity contribution >= 4 is 29.2 Å². The minimum atomic E-state index is -3.12. The molecule has 0 heterocycles. The van der Waals surface area contributed by atoms with Crippen LogP contribution in [0.15, 0.2) is 0 Å². The second-order valence-corrected chi connectivity index (χ2v) is 2.58. The molecule has 1 atom stereocenters. The van der Waals surface area contributed by atoms with Crippen LogP contribution in [-0.4, -0.2) is 26.9 Å². The van der Waals surface area contributed by atoms with Crippen LogP contribution in [0, 0.1) is 0 Å². The molecule has 6 heteroatoms. The number of carboxylic acid groups (broad SMARTS) is 1. The molecule has 0 aliphatic rings. The zero-order valence-electron chi connectivity index (χ0n) is 4.01. The van der Waals surface area contributed by atoms with Gasteiger partial charge in [0, 0.05) is 0 Å². The Morgan fingerprint density at radius 3 is 2.00 bits per heavy atom. The Hall–Kier alpha value is -0.0600. The second kappa shape index (κ2) is 2.68. The summed E-state index contributed by atoms with van der Waals surface area (Å²) in [7, 11) is 0. The lowest BCUT2D eigenvalue weighted by molar-refractivity contribution is -0.149. The van der Waals surface area contributed by atoms with Gasteiger partial charge in [-0.1, -0.05) is 23.2 Å². The van der Waals surface area contributed by atoms with Crippen LogP contribution in [0.2, 0.25) is 0 Å². The number of carbonyl (C=O) groups is 1. The third-order valence-electron chi connectivity index (χ3n) is 0.544. The average Bonchev–Trinajstić information content (AvgIpc) is 1.62. The van der Waals surface area contributed by atoms with E-state index in [9.17, 15) is 9.18 Å². The summed E-state index contributed by atoms with van der Waals surface area (Å²) in [4.78, 5) is 9.69. The number of halogens is 3. The van der Waals surface area contributed by atoms with Gasteiger partial charge in [0.25, 0.3) is 4.59 Å². The highest BCUT2D eigenvalue weighted by Gasteiger charge is 2.38. The van der Waals surface area contributed by atoms with Crippen molar-refractivity contribution in [3.05, 3.63) is 0 Å². The van der Waals surface area contributed by atoms with Gasteiger partial charge >= 0.3 is 5.97 Å². The monoisotopic (exact) mass is 176 g/mol. The first-order valence-electron chi connectivity index (χ1n) is 1.83. The fourth-order valence-electron chi connectivity index (χ4n) is 0.140. The lowest BCUT2D eigenvalue weighted by Gasteiger charge is -2.11. The molecule has 0 aromatic carbocycles. The van der Waals surface area contributed by atoms with Crippen LogP contribution in [0.5, 0.6) is 0 Å². The lowest BCUT2D eigenvalue weighted by atomic mass is 10.4. The smallest absolute Gasteiger partial charge is 0.338 e. The highest BCUT2D eigenvalue weighted by atomic mass is 35.5. The number of hydrogen-bond donors (Lipinski definition) is 2. The van der Waals surface area contributed by atoms with E-state index >= 15 is 0 Å². The van der Waals surface area contributed by atoms with E-state index in [1.54, 1.807) is 0 Å². The van der Waals surface area contributed by atoms with Crippen LogP contribution >= 0.6 is 23.2 Å². The Morgan fingerprint density at radius 1 is 1.67 bits per heavy atom. The van der Waals surface area contributed by atoms with Crippen LogP contribution < -0.4 is 0 Å². The standard InChI is InChI=1S/C3H3Cl2FO3/c4-3(5,6)1(7)2(8)9/h1,7H,(H,8,9). The topological polar surface area (TPSA) is 57.5 Å². The molecule has 0 amide bonds. The lowest BCUT2D eigenvalue weighted by Crippen LogP contribution is -2.34. The molecule has 0 spiro atoms. The summed E-state index contributed by atoms with van der Waals surface area (Å²) in [6, 6.07) is 0. The Morgan fingerprint density at radius 2 is 2.00 bits per heavy atom. The molecule has 0 rings (SSSR count). The van der Waals surface area contributed by atoms with E-state index in [4.69, 9.17) is 10.2 Å². The quantitative estimate of drug-likeness (QED) is 0.605. The van der Waals surface area contributed by atoms with E-state index < -0.39 is 16.7 Å². The van der Waals surface area contributed by atoms with Crippen molar-refractivity contribution in [2.24, 2.45) is 0 Å². The number of aliphatic carboxylic acids is 1. The molecule has 2 N–H and O–H groups in total. The Labute approximate surface area is 60.0 Å². The molecule has 0 aromatic heterocycles. The number of rotatable bonds is 2. The molecule has 0 aliphatic carbocycles. The first kappa shape index (κ1) is 8.94. The van der Waals surface area contributed by atoms with E-state index in [-0.39, 0.29) is 0 Å². The molecule has 0 saturated carbocycles. The Balaban J connectivity index is 4.04. The van der Waals surface area contributed by atoms with Crippen molar-refractivity contribution in [1.82, 2.24) is 0 Å². The zero-order valence-corrected chi connectivity index (χ0v) is 5.53. The van der Waals surface area contributed by atoms with Crippen LogP contribution in [0.4, 0.5) is 4.39 Å². The van der Waals surface area contributed by atoms with E-state index in [0.29, 0.717) is 0 Å².